The van der Waals surface area contributed by atoms with Crippen LogP contribution in [0.5, 0.6) is 17.2 Å². The van der Waals surface area contributed by atoms with Crippen molar-refractivity contribution in [1.82, 2.24) is 13.9 Å². The predicted molar refractivity (Wildman–Crippen MR) is 140 cm³/mol. The number of ether oxygens (including phenoxy) is 3. The van der Waals surface area contributed by atoms with Gasteiger partial charge in [-0.15, -0.1) is 0 Å². The molecule has 0 bridgehead atoms. The van der Waals surface area contributed by atoms with Crippen molar-refractivity contribution >= 4 is 36.9 Å². The van der Waals surface area contributed by atoms with Gasteiger partial charge in [-0.3, -0.25) is 4.98 Å². The first-order valence-corrected chi connectivity index (χ1v) is 14.5. The number of sulfone groups is 1. The third kappa shape index (κ3) is 5.38. The number of methoxy groups -OCH3 is 2. The average molecular weight is 576 g/mol. The maximum Gasteiger partial charge on any atom is 0.341 e. The van der Waals surface area contributed by atoms with Crippen molar-refractivity contribution in [3.63, 3.8) is 0 Å². The second-order valence-electron chi connectivity index (χ2n) is 8.48. The molecule has 0 radical (unpaired) electrons. The van der Waals surface area contributed by atoms with Crippen LogP contribution in [0.15, 0.2) is 58.7 Å². The predicted octanol–water partition coefficient (Wildman–Crippen LogP) is 2.74. The maximum atomic E-state index is 13.9. The van der Waals surface area contributed by atoms with Gasteiger partial charge in [0.25, 0.3) is 10.0 Å². The summed E-state index contributed by atoms with van der Waals surface area (Å²) >= 11 is 0. The normalized spacial score (nSPS) is 11.9. The molecule has 0 amide bonds. The lowest BCUT2D eigenvalue weighted by Gasteiger charge is -2.14. The Morgan fingerprint density at radius 1 is 0.974 bits per heavy atom. The lowest BCUT2D eigenvalue weighted by atomic mass is 10.1. The first-order valence-electron chi connectivity index (χ1n) is 11.4. The van der Waals surface area contributed by atoms with E-state index in [1.807, 2.05) is 0 Å². The molecule has 39 heavy (non-hydrogen) atoms. The Hall–Kier alpha value is -4.17. The standard InChI is InChI=1S/C25H25N3O9S2/c1-15-12-26-21(16(2)24(15)36-4)14-38(31,32)25-27-20-10-7-18(35-3)11-22(20)28(25)39(33,34)19-8-5-17(6-9-19)37-13-23(29)30/h5-12H,13-14H2,1-4H3,(H,29,30). The van der Waals surface area contributed by atoms with E-state index in [0.717, 1.165) is 0 Å². The number of rotatable bonds is 10. The van der Waals surface area contributed by atoms with Crippen molar-refractivity contribution in [2.75, 3.05) is 20.8 Å². The minimum absolute atomic E-state index is 0.00898. The second kappa shape index (κ2) is 10.5. The SMILES string of the molecule is COc1ccc2nc(S(=O)(=O)Cc3ncc(C)c(OC)c3C)n(S(=O)(=O)c3ccc(OCC(=O)O)cc3)c2c1. The molecule has 206 valence electrons. The van der Waals surface area contributed by atoms with E-state index in [9.17, 15) is 21.6 Å². The fourth-order valence-electron chi connectivity index (χ4n) is 3.99. The van der Waals surface area contributed by atoms with Gasteiger partial charge < -0.3 is 19.3 Å². The number of imidazole rings is 1. The summed E-state index contributed by atoms with van der Waals surface area (Å²) in [4.78, 5) is 18.9. The molecule has 0 aliphatic heterocycles. The number of hydrogen-bond acceptors (Lipinski definition) is 10. The molecule has 0 fully saturated rings. The first-order chi connectivity index (χ1) is 18.4. The monoisotopic (exact) mass is 575 g/mol. The number of hydrogen-bond donors (Lipinski definition) is 1. The largest absolute Gasteiger partial charge is 0.497 e. The van der Waals surface area contributed by atoms with Crippen LogP contribution in [0.3, 0.4) is 0 Å². The van der Waals surface area contributed by atoms with Gasteiger partial charge in [0.1, 0.15) is 23.0 Å². The lowest BCUT2D eigenvalue weighted by molar-refractivity contribution is -0.139. The fraction of sp³-hybridized carbons (Fsp3) is 0.240. The molecule has 0 spiro atoms. The van der Waals surface area contributed by atoms with E-state index >= 15 is 0 Å². The van der Waals surface area contributed by atoms with Crippen molar-refractivity contribution < 1.29 is 40.9 Å². The molecule has 12 nitrogen and oxygen atoms in total. The molecule has 2 aromatic heterocycles. The zero-order valence-corrected chi connectivity index (χ0v) is 23.0. The quantitative estimate of drug-likeness (QED) is 0.296. The maximum absolute atomic E-state index is 13.9. The number of aliphatic carboxylic acids is 1. The average Bonchev–Trinajstić information content (AvgIpc) is 3.30. The molecule has 4 rings (SSSR count). The van der Waals surface area contributed by atoms with E-state index in [2.05, 4.69) is 9.97 Å². The third-order valence-electron chi connectivity index (χ3n) is 5.87. The highest BCUT2D eigenvalue weighted by atomic mass is 32.2. The number of benzene rings is 2. The highest BCUT2D eigenvalue weighted by Crippen LogP contribution is 2.32. The topological polar surface area (TPSA) is 164 Å². The molecule has 0 unspecified atom stereocenters. The number of carboxylic acid groups (broad SMARTS) is 1. The Kier molecular flexibility index (Phi) is 7.52. The van der Waals surface area contributed by atoms with Gasteiger partial charge in [0, 0.05) is 23.4 Å². The van der Waals surface area contributed by atoms with E-state index in [1.165, 1.54) is 62.9 Å². The smallest absolute Gasteiger partial charge is 0.341 e. The number of carboxylic acids is 1. The summed E-state index contributed by atoms with van der Waals surface area (Å²) in [7, 11) is -6.05. The molecule has 2 heterocycles. The van der Waals surface area contributed by atoms with E-state index in [-0.39, 0.29) is 27.4 Å². The lowest BCUT2D eigenvalue weighted by Crippen LogP contribution is -2.21. The van der Waals surface area contributed by atoms with Crippen molar-refractivity contribution in [1.29, 1.82) is 0 Å². The van der Waals surface area contributed by atoms with Crippen LogP contribution in [-0.2, 0) is 30.4 Å². The minimum atomic E-state index is -4.53. The summed E-state index contributed by atoms with van der Waals surface area (Å²) in [6, 6.07) is 9.29. The molecule has 0 atom stereocenters. The van der Waals surface area contributed by atoms with Crippen LogP contribution in [0.4, 0.5) is 0 Å². The molecule has 0 aliphatic carbocycles. The van der Waals surface area contributed by atoms with E-state index in [1.54, 1.807) is 13.8 Å². The summed E-state index contributed by atoms with van der Waals surface area (Å²) in [5.41, 5.74) is 1.51. The van der Waals surface area contributed by atoms with Gasteiger partial charge >= 0.3 is 5.97 Å². The summed E-state index contributed by atoms with van der Waals surface area (Å²) in [6.07, 6.45) is 1.48. The van der Waals surface area contributed by atoms with Gasteiger partial charge in [-0.1, -0.05) is 0 Å². The number of aromatic nitrogens is 3. The Labute approximate surface area is 224 Å². The number of fused-ring (bicyclic) bond motifs is 1. The van der Waals surface area contributed by atoms with E-state index < -0.39 is 43.3 Å². The number of nitrogens with zero attached hydrogens (tertiary/aromatic N) is 3. The minimum Gasteiger partial charge on any atom is -0.497 e. The Bertz CT molecular complexity index is 1780. The summed E-state index contributed by atoms with van der Waals surface area (Å²) in [5, 5.41) is 8.09. The third-order valence-corrected chi connectivity index (χ3v) is 9.19. The zero-order chi connectivity index (χ0) is 28.5. The molecule has 4 aromatic rings. The van der Waals surface area contributed by atoms with Crippen LogP contribution in [0, 0.1) is 13.8 Å². The molecule has 2 aromatic carbocycles. The molecular weight excluding hydrogens is 550 g/mol. The highest BCUT2D eigenvalue weighted by Gasteiger charge is 2.33. The van der Waals surface area contributed by atoms with Crippen molar-refractivity contribution in [2.24, 2.45) is 0 Å². The van der Waals surface area contributed by atoms with Crippen LogP contribution in [0.2, 0.25) is 0 Å². The van der Waals surface area contributed by atoms with Gasteiger partial charge in [-0.25, -0.2) is 30.6 Å². The van der Waals surface area contributed by atoms with Gasteiger partial charge in [0.15, 0.2) is 6.61 Å². The molecule has 0 aliphatic rings. The fourth-order valence-corrected chi connectivity index (χ4v) is 7.33. The second-order valence-corrected chi connectivity index (χ2v) is 12.1. The van der Waals surface area contributed by atoms with Crippen LogP contribution in [0.1, 0.15) is 16.8 Å². The molecule has 0 saturated carbocycles. The van der Waals surface area contributed by atoms with Crippen LogP contribution < -0.4 is 14.2 Å². The van der Waals surface area contributed by atoms with Gasteiger partial charge in [0.05, 0.1) is 35.8 Å². The summed E-state index contributed by atoms with van der Waals surface area (Å²) < 4.78 is 71.5. The number of aryl methyl sites for hydroxylation is 1. The Morgan fingerprint density at radius 2 is 1.64 bits per heavy atom. The Morgan fingerprint density at radius 3 is 2.26 bits per heavy atom. The molecule has 14 heteroatoms. The number of carbonyl (C=O) groups is 1. The van der Waals surface area contributed by atoms with Crippen molar-refractivity contribution in [2.45, 2.75) is 29.7 Å². The van der Waals surface area contributed by atoms with Gasteiger partial charge in [0.2, 0.25) is 15.0 Å². The van der Waals surface area contributed by atoms with Crippen molar-refractivity contribution in [3.8, 4) is 17.2 Å². The molecule has 0 saturated heterocycles. The van der Waals surface area contributed by atoms with Crippen LogP contribution in [-0.4, -0.2) is 62.7 Å². The highest BCUT2D eigenvalue weighted by molar-refractivity contribution is 7.93. The molecular formula is C25H25N3O9S2. The van der Waals surface area contributed by atoms with Gasteiger partial charge in [-0.05, 0) is 50.2 Å². The molecule has 1 N–H and O–H groups in total. The first kappa shape index (κ1) is 27.9. The summed E-state index contributed by atoms with van der Waals surface area (Å²) in [6.45, 7) is 2.83. The summed E-state index contributed by atoms with van der Waals surface area (Å²) in [5.74, 6) is -0.937. The van der Waals surface area contributed by atoms with E-state index in [0.29, 0.717) is 26.6 Å². The van der Waals surface area contributed by atoms with Crippen molar-refractivity contribution in [3.05, 3.63) is 65.5 Å². The Balaban J connectivity index is 1.88. The number of pyridine rings is 1. The van der Waals surface area contributed by atoms with Crippen LogP contribution in [0.25, 0.3) is 11.0 Å². The van der Waals surface area contributed by atoms with Crippen LogP contribution >= 0.6 is 0 Å². The van der Waals surface area contributed by atoms with E-state index in [4.69, 9.17) is 19.3 Å². The zero-order valence-electron chi connectivity index (χ0n) is 21.4. The van der Waals surface area contributed by atoms with Gasteiger partial charge in [-0.2, -0.15) is 0 Å².